The van der Waals surface area contributed by atoms with Crippen LogP contribution in [0.1, 0.15) is 50.8 Å². The topological polar surface area (TPSA) is 39.5 Å². The molecule has 0 N–H and O–H groups in total. The number of ether oxygens (including phenoxy) is 2. The third-order valence-electron chi connectivity index (χ3n) is 7.00. The van der Waals surface area contributed by atoms with Crippen LogP contribution < -0.4 is 9.47 Å². The van der Waals surface area contributed by atoms with E-state index in [1.807, 2.05) is 24.3 Å². The highest BCUT2D eigenvalue weighted by Crippen LogP contribution is 2.34. The molecule has 6 heteroatoms. The molecular formula is C32H36FN3O2. The van der Waals surface area contributed by atoms with Crippen LogP contribution in [-0.4, -0.2) is 27.8 Å². The van der Waals surface area contributed by atoms with E-state index in [0.717, 1.165) is 86.0 Å². The summed E-state index contributed by atoms with van der Waals surface area (Å²) in [6.07, 6.45) is 4.37. The molecule has 5 nitrogen and oxygen atoms in total. The summed E-state index contributed by atoms with van der Waals surface area (Å²) in [6, 6.07) is 23.3. The predicted octanol–water partition coefficient (Wildman–Crippen LogP) is 7.69. The van der Waals surface area contributed by atoms with Crippen LogP contribution in [0.25, 0.3) is 22.6 Å². The summed E-state index contributed by atoms with van der Waals surface area (Å²) in [5, 5.41) is 0. The van der Waals surface area contributed by atoms with Gasteiger partial charge in [0.1, 0.15) is 11.6 Å². The molecule has 0 atom stereocenters. The molecule has 2 heterocycles. The molecule has 3 aromatic carbocycles. The molecule has 0 saturated carbocycles. The molecule has 0 fully saturated rings. The maximum absolute atomic E-state index is 13.9. The van der Waals surface area contributed by atoms with Crippen molar-refractivity contribution in [1.82, 2.24) is 14.5 Å². The standard InChI is InChI=1S/C32H36FN3O2/c1-3-5-18-35(21-24-12-17-29-30(20-24)38-23-37-29)22-28-31(25-13-15-27(33)16-14-25)34-32(36(28)19-6-4-2)26-10-8-7-9-11-26/h7-17,20H,3-6,18-19,21-23H2,1-2H3. The van der Waals surface area contributed by atoms with Crippen LogP contribution in [0.3, 0.4) is 0 Å². The molecule has 38 heavy (non-hydrogen) atoms. The normalized spacial score (nSPS) is 12.4. The van der Waals surface area contributed by atoms with Gasteiger partial charge >= 0.3 is 0 Å². The fraction of sp³-hybridized carbons (Fsp3) is 0.344. The zero-order valence-corrected chi connectivity index (χ0v) is 22.3. The summed E-state index contributed by atoms with van der Waals surface area (Å²) in [5.41, 5.74) is 5.31. The Hall–Kier alpha value is -3.64. The van der Waals surface area contributed by atoms with Crippen molar-refractivity contribution in [3.8, 4) is 34.1 Å². The second-order valence-electron chi connectivity index (χ2n) is 9.86. The molecule has 1 aromatic heterocycles. The van der Waals surface area contributed by atoms with E-state index in [4.69, 9.17) is 14.5 Å². The highest BCUT2D eigenvalue weighted by atomic mass is 19.1. The Morgan fingerprint density at radius 1 is 0.842 bits per heavy atom. The Labute approximate surface area is 224 Å². The van der Waals surface area contributed by atoms with E-state index in [1.165, 1.54) is 23.4 Å². The fourth-order valence-electron chi connectivity index (χ4n) is 4.96. The third kappa shape index (κ3) is 5.91. The number of hydrogen-bond donors (Lipinski definition) is 0. The first-order valence-corrected chi connectivity index (χ1v) is 13.7. The zero-order valence-electron chi connectivity index (χ0n) is 22.3. The van der Waals surface area contributed by atoms with Crippen LogP contribution in [0.2, 0.25) is 0 Å². The Kier molecular flexibility index (Phi) is 8.39. The zero-order chi connectivity index (χ0) is 26.3. The summed E-state index contributed by atoms with van der Waals surface area (Å²) >= 11 is 0. The molecule has 198 valence electrons. The Morgan fingerprint density at radius 2 is 1.61 bits per heavy atom. The van der Waals surface area contributed by atoms with Gasteiger partial charge in [-0.2, -0.15) is 0 Å². The van der Waals surface area contributed by atoms with Crippen molar-refractivity contribution in [2.75, 3.05) is 13.3 Å². The molecule has 0 unspecified atom stereocenters. The van der Waals surface area contributed by atoms with Gasteiger partial charge in [-0.1, -0.05) is 63.1 Å². The highest BCUT2D eigenvalue weighted by Gasteiger charge is 2.22. The largest absolute Gasteiger partial charge is 0.454 e. The van der Waals surface area contributed by atoms with E-state index in [-0.39, 0.29) is 12.6 Å². The lowest BCUT2D eigenvalue weighted by molar-refractivity contribution is 0.174. The van der Waals surface area contributed by atoms with Crippen LogP contribution in [0.5, 0.6) is 11.5 Å². The summed E-state index contributed by atoms with van der Waals surface area (Å²) in [4.78, 5) is 7.69. The van der Waals surface area contributed by atoms with Crippen molar-refractivity contribution >= 4 is 0 Å². The Bertz CT molecular complexity index is 1340. The average Bonchev–Trinajstić information content (AvgIpc) is 3.56. The number of halogens is 1. The fourth-order valence-corrected chi connectivity index (χ4v) is 4.96. The van der Waals surface area contributed by atoms with Gasteiger partial charge in [0.2, 0.25) is 6.79 Å². The summed E-state index contributed by atoms with van der Waals surface area (Å²) in [7, 11) is 0. The van der Waals surface area contributed by atoms with Gasteiger partial charge in [-0.25, -0.2) is 9.37 Å². The van der Waals surface area contributed by atoms with Crippen LogP contribution >= 0.6 is 0 Å². The minimum Gasteiger partial charge on any atom is -0.454 e. The number of benzene rings is 3. The van der Waals surface area contributed by atoms with Crippen molar-refractivity contribution < 1.29 is 13.9 Å². The van der Waals surface area contributed by atoms with Crippen LogP contribution in [0, 0.1) is 5.82 Å². The van der Waals surface area contributed by atoms with Crippen LogP contribution in [-0.2, 0) is 19.6 Å². The lowest BCUT2D eigenvalue weighted by Gasteiger charge is -2.24. The van der Waals surface area contributed by atoms with Crippen molar-refractivity contribution in [2.45, 2.75) is 59.2 Å². The number of unbranched alkanes of at least 4 members (excludes halogenated alkanes) is 2. The van der Waals surface area contributed by atoms with Gasteiger partial charge in [0, 0.05) is 30.8 Å². The van der Waals surface area contributed by atoms with Crippen molar-refractivity contribution in [2.24, 2.45) is 0 Å². The first-order chi connectivity index (χ1) is 18.7. The maximum Gasteiger partial charge on any atom is 0.231 e. The lowest BCUT2D eigenvalue weighted by atomic mass is 10.1. The van der Waals surface area contributed by atoms with E-state index >= 15 is 0 Å². The second-order valence-corrected chi connectivity index (χ2v) is 9.86. The van der Waals surface area contributed by atoms with Crippen LogP contribution in [0.4, 0.5) is 4.39 Å². The monoisotopic (exact) mass is 513 g/mol. The van der Waals surface area contributed by atoms with Gasteiger partial charge in [-0.15, -0.1) is 0 Å². The van der Waals surface area contributed by atoms with Crippen molar-refractivity contribution in [3.05, 3.63) is 89.9 Å². The van der Waals surface area contributed by atoms with E-state index in [0.29, 0.717) is 0 Å². The van der Waals surface area contributed by atoms with Crippen molar-refractivity contribution in [3.63, 3.8) is 0 Å². The Morgan fingerprint density at radius 3 is 2.37 bits per heavy atom. The molecular weight excluding hydrogens is 477 g/mol. The van der Waals surface area contributed by atoms with E-state index < -0.39 is 0 Å². The molecule has 0 aliphatic carbocycles. The minimum absolute atomic E-state index is 0.239. The molecule has 4 aromatic rings. The number of aromatic nitrogens is 2. The van der Waals surface area contributed by atoms with E-state index in [1.54, 1.807) is 0 Å². The molecule has 0 bridgehead atoms. The summed E-state index contributed by atoms with van der Waals surface area (Å²) < 4.78 is 27.4. The van der Waals surface area contributed by atoms with Gasteiger partial charge in [-0.3, -0.25) is 4.90 Å². The Balaban J connectivity index is 1.56. The number of fused-ring (bicyclic) bond motifs is 1. The SMILES string of the molecule is CCCCN(Cc1ccc2c(c1)OCO2)Cc1c(-c2ccc(F)cc2)nc(-c2ccccc2)n1CCCC. The molecule has 1 aliphatic heterocycles. The van der Waals surface area contributed by atoms with E-state index in [2.05, 4.69) is 59.7 Å². The average molecular weight is 514 g/mol. The molecule has 1 aliphatic rings. The molecule has 5 rings (SSSR count). The smallest absolute Gasteiger partial charge is 0.231 e. The third-order valence-corrected chi connectivity index (χ3v) is 7.00. The number of nitrogens with zero attached hydrogens (tertiary/aromatic N) is 3. The van der Waals surface area contributed by atoms with Gasteiger partial charge < -0.3 is 14.0 Å². The van der Waals surface area contributed by atoms with E-state index in [9.17, 15) is 4.39 Å². The maximum atomic E-state index is 13.9. The highest BCUT2D eigenvalue weighted by molar-refractivity contribution is 5.68. The molecule has 0 saturated heterocycles. The first-order valence-electron chi connectivity index (χ1n) is 13.7. The van der Waals surface area contributed by atoms with Gasteiger partial charge in [-0.05, 0) is 61.3 Å². The predicted molar refractivity (Wildman–Crippen MR) is 150 cm³/mol. The number of hydrogen-bond acceptors (Lipinski definition) is 4. The van der Waals surface area contributed by atoms with Crippen molar-refractivity contribution in [1.29, 1.82) is 0 Å². The lowest BCUT2D eigenvalue weighted by Crippen LogP contribution is -2.26. The number of rotatable bonds is 12. The van der Waals surface area contributed by atoms with Gasteiger partial charge in [0.15, 0.2) is 11.5 Å². The summed E-state index contributed by atoms with van der Waals surface area (Å²) in [6.45, 7) is 8.10. The minimum atomic E-state index is -0.239. The van der Waals surface area contributed by atoms with Gasteiger partial charge in [0.25, 0.3) is 0 Å². The van der Waals surface area contributed by atoms with Crippen LogP contribution in [0.15, 0.2) is 72.8 Å². The van der Waals surface area contributed by atoms with Gasteiger partial charge in [0.05, 0.1) is 11.4 Å². The summed E-state index contributed by atoms with van der Waals surface area (Å²) in [5.74, 6) is 2.34. The first kappa shape index (κ1) is 26.0. The quantitative estimate of drug-likeness (QED) is 0.195. The molecule has 0 spiro atoms. The molecule has 0 amide bonds. The number of imidazole rings is 1. The second kappa shape index (κ2) is 12.3. The molecule has 0 radical (unpaired) electrons.